The molecule has 0 amide bonds. The van der Waals surface area contributed by atoms with Crippen molar-refractivity contribution in [1.82, 2.24) is 4.57 Å². The van der Waals surface area contributed by atoms with Crippen LogP contribution in [0.15, 0.2) is 28.5 Å². The molecular weight excluding hydrogens is 286 g/mol. The van der Waals surface area contributed by atoms with Gasteiger partial charge in [0.25, 0.3) is 5.56 Å². The van der Waals surface area contributed by atoms with E-state index in [9.17, 15) is 4.79 Å². The number of nitrogens with zero attached hydrogens (tertiary/aromatic N) is 1. The molecule has 0 radical (unpaired) electrons. The van der Waals surface area contributed by atoms with Crippen molar-refractivity contribution >= 4 is 37.4 Å². The fourth-order valence-electron chi connectivity index (χ4n) is 1.72. The van der Waals surface area contributed by atoms with Gasteiger partial charge >= 0.3 is 0 Å². The van der Waals surface area contributed by atoms with E-state index >= 15 is 0 Å². The van der Waals surface area contributed by atoms with Crippen molar-refractivity contribution in [2.75, 3.05) is 5.33 Å². The zero-order valence-electron chi connectivity index (χ0n) is 9.15. The van der Waals surface area contributed by atoms with E-state index in [4.69, 9.17) is 0 Å². The number of halogens is 1. The van der Waals surface area contributed by atoms with Gasteiger partial charge in [-0.05, 0) is 23.4 Å². The number of alkyl halides is 1. The highest BCUT2D eigenvalue weighted by Crippen LogP contribution is 2.17. The molecule has 2 nitrogen and oxygen atoms in total. The highest BCUT2D eigenvalue weighted by molar-refractivity contribution is 9.09. The van der Waals surface area contributed by atoms with Gasteiger partial charge in [0, 0.05) is 22.8 Å². The van der Waals surface area contributed by atoms with Crippen molar-refractivity contribution in [3.8, 4) is 0 Å². The molecule has 0 N–H and O–H groups in total. The molecule has 0 aliphatic carbocycles. The fraction of sp³-hybridized carbons (Fsp3) is 0.417. The highest BCUT2D eigenvalue weighted by Gasteiger charge is 2.08. The van der Waals surface area contributed by atoms with Gasteiger partial charge in [0.05, 0.1) is 5.39 Å². The van der Waals surface area contributed by atoms with E-state index in [0.29, 0.717) is 5.92 Å². The van der Waals surface area contributed by atoms with Gasteiger partial charge in [-0.25, -0.2) is 0 Å². The second kappa shape index (κ2) is 5.15. The molecule has 2 aromatic rings. The van der Waals surface area contributed by atoms with E-state index in [2.05, 4.69) is 22.9 Å². The Bertz CT molecular complexity index is 527. The average molecular weight is 300 g/mol. The van der Waals surface area contributed by atoms with E-state index in [1.807, 2.05) is 28.3 Å². The lowest BCUT2D eigenvalue weighted by atomic mass is 10.1. The molecule has 2 rings (SSSR count). The van der Waals surface area contributed by atoms with Gasteiger partial charge in [0.2, 0.25) is 0 Å². The Morgan fingerprint density at radius 3 is 3.00 bits per heavy atom. The molecular formula is C12H14BrNOS. The van der Waals surface area contributed by atoms with Gasteiger partial charge in [0.15, 0.2) is 0 Å². The van der Waals surface area contributed by atoms with E-state index in [0.717, 1.165) is 28.4 Å². The number of rotatable bonds is 4. The predicted octanol–water partition coefficient (Wildman–Crippen LogP) is 3.48. The zero-order chi connectivity index (χ0) is 11.5. The first kappa shape index (κ1) is 11.9. The molecule has 0 aromatic carbocycles. The van der Waals surface area contributed by atoms with Crippen molar-refractivity contribution in [2.24, 2.45) is 5.92 Å². The third-order valence-corrected chi connectivity index (χ3v) is 4.64. The summed E-state index contributed by atoms with van der Waals surface area (Å²) in [4.78, 5) is 12.1. The lowest BCUT2D eigenvalue weighted by Crippen LogP contribution is -2.23. The first-order chi connectivity index (χ1) is 7.76. The van der Waals surface area contributed by atoms with Gasteiger partial charge in [0.1, 0.15) is 0 Å². The molecule has 4 heteroatoms. The molecule has 0 saturated carbocycles. The third-order valence-electron chi connectivity index (χ3n) is 2.84. The molecule has 0 bridgehead atoms. The minimum Gasteiger partial charge on any atom is -0.315 e. The molecule has 2 heterocycles. The summed E-state index contributed by atoms with van der Waals surface area (Å²) in [5.41, 5.74) is 0.137. The summed E-state index contributed by atoms with van der Waals surface area (Å²) >= 11 is 5.10. The minimum absolute atomic E-state index is 0.137. The van der Waals surface area contributed by atoms with Crippen LogP contribution in [0.3, 0.4) is 0 Å². The quantitative estimate of drug-likeness (QED) is 0.792. The second-order valence-electron chi connectivity index (χ2n) is 3.90. The van der Waals surface area contributed by atoms with Crippen LogP contribution in [0.5, 0.6) is 0 Å². The molecule has 0 saturated heterocycles. The summed E-state index contributed by atoms with van der Waals surface area (Å²) in [5.74, 6) is 0.522. The van der Waals surface area contributed by atoms with Crippen molar-refractivity contribution in [2.45, 2.75) is 19.9 Å². The summed E-state index contributed by atoms with van der Waals surface area (Å²) in [5, 5.41) is 3.76. The number of fused-ring (bicyclic) bond motifs is 1. The van der Waals surface area contributed by atoms with Crippen LogP contribution in [-0.4, -0.2) is 9.90 Å². The molecule has 0 aliphatic rings. The fourth-order valence-corrected chi connectivity index (χ4v) is 3.15. The number of hydrogen-bond donors (Lipinski definition) is 0. The summed E-state index contributed by atoms with van der Waals surface area (Å²) in [6.07, 6.45) is 2.99. The topological polar surface area (TPSA) is 22.0 Å². The predicted molar refractivity (Wildman–Crippen MR) is 73.7 cm³/mol. The van der Waals surface area contributed by atoms with Gasteiger partial charge < -0.3 is 4.57 Å². The van der Waals surface area contributed by atoms with Crippen LogP contribution in [0.4, 0.5) is 0 Å². The van der Waals surface area contributed by atoms with Gasteiger partial charge in [-0.3, -0.25) is 4.79 Å². The van der Waals surface area contributed by atoms with Crippen LogP contribution in [0, 0.1) is 5.92 Å². The SMILES string of the molecule is CCC(CBr)Cn1ccc2sccc2c1=O. The van der Waals surface area contributed by atoms with E-state index in [1.165, 1.54) is 0 Å². The number of pyridine rings is 1. The van der Waals surface area contributed by atoms with Crippen LogP contribution in [0.1, 0.15) is 13.3 Å². The molecule has 0 aliphatic heterocycles. The zero-order valence-corrected chi connectivity index (χ0v) is 11.6. The normalized spacial score (nSPS) is 13.1. The van der Waals surface area contributed by atoms with E-state index in [-0.39, 0.29) is 5.56 Å². The van der Waals surface area contributed by atoms with E-state index < -0.39 is 0 Å². The standard InChI is InChI=1S/C12H14BrNOS/c1-2-9(7-13)8-14-5-3-11-10(12(14)15)4-6-16-11/h3-6,9H,2,7-8H2,1H3. The number of thiophene rings is 1. The highest BCUT2D eigenvalue weighted by atomic mass is 79.9. The first-order valence-corrected chi connectivity index (χ1v) is 7.39. The van der Waals surface area contributed by atoms with E-state index in [1.54, 1.807) is 11.3 Å². The van der Waals surface area contributed by atoms with Crippen molar-refractivity contribution in [1.29, 1.82) is 0 Å². The maximum Gasteiger partial charge on any atom is 0.259 e. The maximum atomic E-state index is 12.1. The number of aromatic nitrogens is 1. The van der Waals surface area contributed by atoms with Gasteiger partial charge in [-0.2, -0.15) is 0 Å². The Labute approximate surface area is 107 Å². The molecule has 0 fully saturated rings. The number of hydrogen-bond acceptors (Lipinski definition) is 2. The summed E-state index contributed by atoms with van der Waals surface area (Å²) in [6, 6.07) is 3.94. The van der Waals surface area contributed by atoms with Crippen molar-refractivity contribution < 1.29 is 0 Å². The van der Waals surface area contributed by atoms with Crippen LogP contribution in [0.25, 0.3) is 10.1 Å². The Hall–Kier alpha value is -0.610. The molecule has 0 spiro atoms. The summed E-state index contributed by atoms with van der Waals surface area (Å²) in [6.45, 7) is 2.95. The van der Waals surface area contributed by atoms with Crippen LogP contribution < -0.4 is 5.56 Å². The van der Waals surface area contributed by atoms with Gasteiger partial charge in [-0.15, -0.1) is 11.3 Å². The maximum absolute atomic E-state index is 12.1. The monoisotopic (exact) mass is 299 g/mol. The van der Waals surface area contributed by atoms with Crippen molar-refractivity contribution in [3.05, 3.63) is 34.1 Å². The Morgan fingerprint density at radius 1 is 1.50 bits per heavy atom. The van der Waals surface area contributed by atoms with Crippen LogP contribution in [0.2, 0.25) is 0 Å². The second-order valence-corrected chi connectivity index (χ2v) is 5.50. The first-order valence-electron chi connectivity index (χ1n) is 5.39. The molecule has 1 unspecified atom stereocenters. The average Bonchev–Trinajstić information content (AvgIpc) is 2.77. The summed E-state index contributed by atoms with van der Waals surface area (Å²) in [7, 11) is 0. The van der Waals surface area contributed by atoms with Crippen LogP contribution in [-0.2, 0) is 6.54 Å². The molecule has 2 aromatic heterocycles. The van der Waals surface area contributed by atoms with Gasteiger partial charge in [-0.1, -0.05) is 29.3 Å². The molecule has 16 heavy (non-hydrogen) atoms. The lowest BCUT2D eigenvalue weighted by molar-refractivity contribution is 0.471. The Kier molecular flexibility index (Phi) is 3.82. The minimum atomic E-state index is 0.137. The van der Waals surface area contributed by atoms with Crippen LogP contribution >= 0.6 is 27.3 Å². The lowest BCUT2D eigenvalue weighted by Gasteiger charge is -2.13. The smallest absolute Gasteiger partial charge is 0.259 e. The molecule has 86 valence electrons. The molecule has 1 atom stereocenters. The van der Waals surface area contributed by atoms with Crippen molar-refractivity contribution in [3.63, 3.8) is 0 Å². The largest absolute Gasteiger partial charge is 0.315 e. The Morgan fingerprint density at radius 2 is 2.31 bits per heavy atom. The Balaban J connectivity index is 2.37. The summed E-state index contributed by atoms with van der Waals surface area (Å²) < 4.78 is 2.90. The third kappa shape index (κ3) is 2.23.